The van der Waals surface area contributed by atoms with Gasteiger partial charge in [-0.15, -0.1) is 0 Å². The maximum Gasteiger partial charge on any atom is 0.328 e. The van der Waals surface area contributed by atoms with Crippen LogP contribution in [-0.2, 0) is 52.3 Å². The van der Waals surface area contributed by atoms with E-state index in [1.807, 2.05) is 84.9 Å². The lowest BCUT2D eigenvalue weighted by molar-refractivity contribution is -0.148. The normalized spacial score (nSPS) is 20.4. The van der Waals surface area contributed by atoms with Crippen molar-refractivity contribution in [2.45, 2.75) is 89.4 Å². The molecule has 5 rings (SSSR count). The highest BCUT2D eigenvalue weighted by atomic mass is 32.2. The Morgan fingerprint density at radius 2 is 1.51 bits per heavy atom. The summed E-state index contributed by atoms with van der Waals surface area (Å²) in [6.07, 6.45) is 6.56. The minimum absolute atomic E-state index is 0.0826. The van der Waals surface area contributed by atoms with Gasteiger partial charge >= 0.3 is 5.97 Å². The van der Waals surface area contributed by atoms with Gasteiger partial charge < -0.3 is 15.4 Å². The van der Waals surface area contributed by atoms with Gasteiger partial charge in [0, 0.05) is 48.3 Å². The molecule has 1 aliphatic heterocycles. The summed E-state index contributed by atoms with van der Waals surface area (Å²) in [5.41, 5.74) is 1.17. The molecule has 0 bridgehead atoms. The fourth-order valence-electron chi connectivity index (χ4n) is 7.75. The first-order chi connectivity index (χ1) is 24.4. The van der Waals surface area contributed by atoms with Crippen LogP contribution < -0.4 is 10.6 Å². The lowest BCUT2D eigenvalue weighted by Crippen LogP contribution is -2.53. The van der Waals surface area contributed by atoms with Crippen molar-refractivity contribution >= 4 is 33.5 Å². The van der Waals surface area contributed by atoms with E-state index >= 15 is 0 Å². The molecule has 2 fully saturated rings. The highest BCUT2D eigenvalue weighted by Crippen LogP contribution is 2.43. The Morgan fingerprint density at radius 1 is 0.902 bits per heavy atom. The van der Waals surface area contributed by atoms with Crippen molar-refractivity contribution in [1.82, 2.24) is 15.5 Å². The quantitative estimate of drug-likeness (QED) is 0.170. The third-order valence-corrected chi connectivity index (χ3v) is 11.3. The summed E-state index contributed by atoms with van der Waals surface area (Å²) in [6.45, 7) is 3.35. The lowest BCUT2D eigenvalue weighted by atomic mass is 9.80. The van der Waals surface area contributed by atoms with Gasteiger partial charge in [0.1, 0.15) is 21.9 Å². The van der Waals surface area contributed by atoms with Gasteiger partial charge in [-0.1, -0.05) is 104 Å². The Morgan fingerprint density at radius 3 is 2.10 bits per heavy atom. The molecule has 0 radical (unpaired) electrons. The number of rotatable bonds is 15. The largest absolute Gasteiger partial charge is 0.464 e. The molecule has 1 saturated heterocycles. The zero-order chi connectivity index (χ0) is 36.6. The lowest BCUT2D eigenvalue weighted by Gasteiger charge is -2.40. The number of hydrogen-bond acceptors (Lipinski definition) is 7. The highest BCUT2D eigenvalue weighted by Gasteiger charge is 2.54. The van der Waals surface area contributed by atoms with Crippen LogP contribution in [0.25, 0.3) is 0 Å². The number of ether oxygens (including phenoxy) is 1. The number of amides is 3. The van der Waals surface area contributed by atoms with E-state index in [0.717, 1.165) is 29.5 Å². The number of unbranched alkanes of at least 4 members (excludes halogenated alkanes) is 1. The molecule has 3 aromatic rings. The van der Waals surface area contributed by atoms with Gasteiger partial charge in [-0.3, -0.25) is 19.3 Å². The van der Waals surface area contributed by atoms with Gasteiger partial charge in [0.2, 0.25) is 17.7 Å². The molecule has 0 aromatic heterocycles. The predicted molar refractivity (Wildman–Crippen MR) is 195 cm³/mol. The van der Waals surface area contributed by atoms with Gasteiger partial charge in [-0.25, -0.2) is 13.2 Å². The Balaban J connectivity index is 1.41. The summed E-state index contributed by atoms with van der Waals surface area (Å²) >= 11 is 0. The molecular formula is C40H49N3O7S. The van der Waals surface area contributed by atoms with Crippen LogP contribution in [-0.4, -0.2) is 67.7 Å². The molecule has 3 amide bonds. The third-order valence-electron chi connectivity index (χ3n) is 10.2. The molecule has 0 spiro atoms. The number of carbonyl (C=O) groups excluding carboxylic acids is 4. The number of benzene rings is 3. The Kier molecular flexibility index (Phi) is 12.0. The first-order valence-electron chi connectivity index (χ1n) is 17.8. The van der Waals surface area contributed by atoms with Crippen molar-refractivity contribution in [3.8, 4) is 0 Å². The van der Waals surface area contributed by atoms with Crippen LogP contribution in [0.2, 0.25) is 0 Å². The third kappa shape index (κ3) is 8.69. The number of nitrogens with zero attached hydrogens (tertiary/aromatic N) is 1. The predicted octanol–water partition coefficient (Wildman–Crippen LogP) is 4.84. The number of sulfone groups is 1. The molecule has 10 nitrogen and oxygen atoms in total. The van der Waals surface area contributed by atoms with Gasteiger partial charge in [-0.05, 0) is 43.7 Å². The molecule has 2 N–H and O–H groups in total. The molecule has 1 saturated carbocycles. The molecule has 1 heterocycles. The Labute approximate surface area is 301 Å². The number of hydrogen-bond donors (Lipinski definition) is 2. The molecule has 2 aliphatic rings. The van der Waals surface area contributed by atoms with Crippen molar-refractivity contribution in [3.05, 3.63) is 107 Å². The molecular weight excluding hydrogens is 667 g/mol. The molecule has 3 atom stereocenters. The van der Waals surface area contributed by atoms with E-state index in [1.54, 1.807) is 11.8 Å². The molecule has 11 heteroatoms. The minimum Gasteiger partial charge on any atom is -0.464 e. The summed E-state index contributed by atoms with van der Waals surface area (Å²) in [4.78, 5) is 56.0. The van der Waals surface area contributed by atoms with Gasteiger partial charge in [-0.2, -0.15) is 0 Å². The summed E-state index contributed by atoms with van der Waals surface area (Å²) < 4.78 is 28.7. The SMILES string of the molecule is CCOC(=O)[C@H](Cc1ccc(C2(c3ccccc3)NC(=O)[C@@H](Cc3ccccc3)N2C(C)=O)cc1)NC(=O)C1(CCCCS(C)(=O)=O)CCCC1. The molecule has 51 heavy (non-hydrogen) atoms. The maximum absolute atomic E-state index is 13.9. The van der Waals surface area contributed by atoms with Crippen molar-refractivity contribution in [3.63, 3.8) is 0 Å². The summed E-state index contributed by atoms with van der Waals surface area (Å²) in [5.74, 6) is -1.17. The first-order valence-corrected chi connectivity index (χ1v) is 19.9. The van der Waals surface area contributed by atoms with Gasteiger partial charge in [0.05, 0.1) is 6.61 Å². The Bertz CT molecular complexity index is 1790. The van der Waals surface area contributed by atoms with E-state index in [4.69, 9.17) is 4.74 Å². The van der Waals surface area contributed by atoms with Crippen molar-refractivity contribution in [2.75, 3.05) is 18.6 Å². The Hall–Kier alpha value is -4.51. The van der Waals surface area contributed by atoms with E-state index in [2.05, 4.69) is 10.6 Å². The average Bonchev–Trinajstić information content (AvgIpc) is 3.71. The first kappa shape index (κ1) is 37.7. The van der Waals surface area contributed by atoms with Gasteiger partial charge in [0.25, 0.3) is 0 Å². The zero-order valence-corrected chi connectivity index (χ0v) is 30.5. The summed E-state index contributed by atoms with van der Waals surface area (Å²) in [5, 5.41) is 6.20. The number of carbonyl (C=O) groups is 4. The maximum atomic E-state index is 13.9. The van der Waals surface area contributed by atoms with E-state index in [-0.39, 0.29) is 36.5 Å². The van der Waals surface area contributed by atoms with Crippen molar-refractivity contribution in [1.29, 1.82) is 0 Å². The fourth-order valence-corrected chi connectivity index (χ4v) is 8.48. The molecule has 272 valence electrons. The second-order valence-electron chi connectivity index (χ2n) is 13.9. The van der Waals surface area contributed by atoms with E-state index in [9.17, 15) is 27.6 Å². The second-order valence-corrected chi connectivity index (χ2v) is 16.2. The van der Waals surface area contributed by atoms with Crippen LogP contribution >= 0.6 is 0 Å². The second kappa shape index (κ2) is 16.2. The number of nitrogens with one attached hydrogen (secondary N) is 2. The molecule has 1 unspecified atom stereocenters. The van der Waals surface area contributed by atoms with Crippen LogP contribution in [0.1, 0.15) is 81.0 Å². The topological polar surface area (TPSA) is 139 Å². The smallest absolute Gasteiger partial charge is 0.328 e. The molecule has 1 aliphatic carbocycles. The van der Waals surface area contributed by atoms with E-state index in [0.29, 0.717) is 44.1 Å². The number of esters is 1. The van der Waals surface area contributed by atoms with Crippen molar-refractivity contribution < 1.29 is 32.3 Å². The van der Waals surface area contributed by atoms with Crippen LogP contribution in [0, 0.1) is 5.41 Å². The van der Waals surface area contributed by atoms with Crippen LogP contribution in [0.5, 0.6) is 0 Å². The average molecular weight is 716 g/mol. The van der Waals surface area contributed by atoms with Crippen LogP contribution in [0.3, 0.4) is 0 Å². The van der Waals surface area contributed by atoms with E-state index < -0.39 is 39.0 Å². The molecule has 3 aromatic carbocycles. The summed E-state index contributed by atoms with van der Waals surface area (Å²) in [7, 11) is -3.09. The monoisotopic (exact) mass is 715 g/mol. The highest BCUT2D eigenvalue weighted by molar-refractivity contribution is 7.90. The zero-order valence-electron chi connectivity index (χ0n) is 29.7. The summed E-state index contributed by atoms with van der Waals surface area (Å²) in [6, 6.07) is 24.7. The van der Waals surface area contributed by atoms with Crippen LogP contribution in [0.15, 0.2) is 84.9 Å². The fraction of sp³-hybridized carbons (Fsp3) is 0.450. The minimum atomic E-state index is -3.09. The van der Waals surface area contributed by atoms with E-state index in [1.165, 1.54) is 13.2 Å². The standard InChI is InChI=1S/C40H49N3O7S/c1-4-50-37(46)34(41-38(47)39(23-11-12-24-39)25-13-14-26-51(3,48)49)27-31-19-21-33(22-20-31)40(32-17-9-6-10-18-32)42-36(45)35(43(40)29(2)44)28-30-15-7-5-8-16-30/h5-10,15-22,34-35H,4,11-14,23-28H2,1-3H3,(H,41,47)(H,42,45)/t34-,35+,40?/m0/s1. The van der Waals surface area contributed by atoms with Crippen molar-refractivity contribution in [2.24, 2.45) is 5.41 Å². The van der Waals surface area contributed by atoms with Gasteiger partial charge in [0.15, 0.2) is 5.66 Å². The van der Waals surface area contributed by atoms with Crippen LogP contribution in [0.4, 0.5) is 0 Å².